The summed E-state index contributed by atoms with van der Waals surface area (Å²) in [5, 5.41) is 8.83. The van der Waals surface area contributed by atoms with Gasteiger partial charge in [-0.3, -0.25) is 0 Å². The average molecular weight is 254 g/mol. The molecule has 1 saturated heterocycles. The first-order valence-electron chi connectivity index (χ1n) is 5.85. The summed E-state index contributed by atoms with van der Waals surface area (Å²) in [6.07, 6.45) is 1.98. The van der Waals surface area contributed by atoms with Crippen molar-refractivity contribution in [1.29, 1.82) is 0 Å². The lowest BCUT2D eigenvalue weighted by Crippen LogP contribution is -2.31. The standard InChI is InChI=1S/C13H18O3S/c1-15-12-5-4-10(3-2-6-14)7-13(12)16-11-8-17-9-11/h4-5,7,11,14H,2-3,6,8-9H2,1H3. The van der Waals surface area contributed by atoms with Gasteiger partial charge in [-0.05, 0) is 30.5 Å². The Labute approximate surface area is 106 Å². The number of rotatable bonds is 6. The minimum absolute atomic E-state index is 0.224. The lowest BCUT2D eigenvalue weighted by Gasteiger charge is -2.26. The Hall–Kier alpha value is -0.870. The van der Waals surface area contributed by atoms with Gasteiger partial charge in [0.15, 0.2) is 11.5 Å². The van der Waals surface area contributed by atoms with Crippen molar-refractivity contribution in [2.24, 2.45) is 0 Å². The number of aliphatic hydroxyl groups excluding tert-OH is 1. The Morgan fingerprint density at radius 2 is 2.18 bits per heavy atom. The molecule has 4 heteroatoms. The van der Waals surface area contributed by atoms with E-state index in [2.05, 4.69) is 0 Å². The molecule has 2 rings (SSSR count). The molecule has 0 unspecified atom stereocenters. The molecule has 0 spiro atoms. The third kappa shape index (κ3) is 3.30. The van der Waals surface area contributed by atoms with E-state index >= 15 is 0 Å². The van der Waals surface area contributed by atoms with Crippen LogP contribution in [0.2, 0.25) is 0 Å². The minimum atomic E-state index is 0.224. The highest BCUT2D eigenvalue weighted by atomic mass is 32.2. The summed E-state index contributed by atoms with van der Waals surface area (Å²) in [6, 6.07) is 5.99. The molecule has 3 nitrogen and oxygen atoms in total. The lowest BCUT2D eigenvalue weighted by molar-refractivity contribution is 0.228. The number of thioether (sulfide) groups is 1. The predicted octanol–water partition coefficient (Wildman–Crippen LogP) is 2.11. The maximum absolute atomic E-state index is 8.83. The molecule has 1 N–H and O–H groups in total. The molecule has 1 aliphatic rings. The van der Waals surface area contributed by atoms with Crippen LogP contribution >= 0.6 is 11.8 Å². The third-order valence-electron chi connectivity index (χ3n) is 2.75. The lowest BCUT2D eigenvalue weighted by atomic mass is 10.1. The number of aryl methyl sites for hydroxylation is 1. The van der Waals surface area contributed by atoms with Crippen LogP contribution in [0, 0.1) is 0 Å². The first-order chi connectivity index (χ1) is 8.33. The summed E-state index contributed by atoms with van der Waals surface area (Å²) in [4.78, 5) is 0. The molecule has 94 valence electrons. The van der Waals surface area contributed by atoms with Crippen LogP contribution in [0.1, 0.15) is 12.0 Å². The van der Waals surface area contributed by atoms with Crippen molar-refractivity contribution < 1.29 is 14.6 Å². The van der Waals surface area contributed by atoms with Crippen molar-refractivity contribution >= 4 is 11.8 Å². The maximum Gasteiger partial charge on any atom is 0.161 e. The second-order valence-electron chi connectivity index (χ2n) is 4.09. The van der Waals surface area contributed by atoms with Crippen molar-refractivity contribution in [2.75, 3.05) is 25.2 Å². The van der Waals surface area contributed by atoms with Gasteiger partial charge in [0, 0.05) is 18.1 Å². The molecule has 0 bridgehead atoms. The Bertz CT molecular complexity index is 364. The van der Waals surface area contributed by atoms with Gasteiger partial charge in [0.05, 0.1) is 7.11 Å². The van der Waals surface area contributed by atoms with Crippen LogP contribution in [0.25, 0.3) is 0 Å². The summed E-state index contributed by atoms with van der Waals surface area (Å²) in [7, 11) is 1.66. The zero-order valence-electron chi connectivity index (χ0n) is 10.0. The molecule has 0 aromatic heterocycles. The van der Waals surface area contributed by atoms with E-state index in [1.165, 1.54) is 5.56 Å². The second kappa shape index (κ2) is 6.17. The molecule has 0 aliphatic carbocycles. The largest absolute Gasteiger partial charge is 0.493 e. The highest BCUT2D eigenvalue weighted by molar-refractivity contribution is 8.00. The summed E-state index contributed by atoms with van der Waals surface area (Å²) in [5.41, 5.74) is 1.18. The SMILES string of the molecule is COc1ccc(CCCO)cc1OC1CSC1. The van der Waals surface area contributed by atoms with Gasteiger partial charge in [0.2, 0.25) is 0 Å². The van der Waals surface area contributed by atoms with E-state index in [-0.39, 0.29) is 6.61 Å². The molecular formula is C13H18O3S. The van der Waals surface area contributed by atoms with Crippen LogP contribution < -0.4 is 9.47 Å². The van der Waals surface area contributed by atoms with Crippen molar-refractivity contribution in [3.05, 3.63) is 23.8 Å². The van der Waals surface area contributed by atoms with E-state index in [0.717, 1.165) is 35.8 Å². The molecule has 1 aromatic carbocycles. The highest BCUT2D eigenvalue weighted by Gasteiger charge is 2.21. The van der Waals surface area contributed by atoms with Gasteiger partial charge in [-0.1, -0.05) is 6.07 Å². The van der Waals surface area contributed by atoms with Crippen molar-refractivity contribution in [1.82, 2.24) is 0 Å². The number of aliphatic hydroxyl groups is 1. The van der Waals surface area contributed by atoms with Crippen LogP contribution in [0.4, 0.5) is 0 Å². The first kappa shape index (κ1) is 12.6. The van der Waals surface area contributed by atoms with Gasteiger partial charge < -0.3 is 14.6 Å². The van der Waals surface area contributed by atoms with E-state index in [4.69, 9.17) is 14.6 Å². The van der Waals surface area contributed by atoms with Crippen LogP contribution in [0.5, 0.6) is 11.5 Å². The monoisotopic (exact) mass is 254 g/mol. The predicted molar refractivity (Wildman–Crippen MR) is 70.1 cm³/mol. The second-order valence-corrected chi connectivity index (χ2v) is 5.16. The molecule has 1 heterocycles. The normalized spacial score (nSPS) is 15.4. The van der Waals surface area contributed by atoms with Gasteiger partial charge in [0.1, 0.15) is 6.10 Å². The molecule has 0 amide bonds. The Balaban J connectivity index is 2.07. The van der Waals surface area contributed by atoms with E-state index < -0.39 is 0 Å². The number of benzene rings is 1. The van der Waals surface area contributed by atoms with Crippen molar-refractivity contribution in [2.45, 2.75) is 18.9 Å². The fourth-order valence-electron chi connectivity index (χ4n) is 1.71. The Kier molecular flexibility index (Phi) is 4.57. The molecule has 1 aliphatic heterocycles. The zero-order valence-corrected chi connectivity index (χ0v) is 10.8. The number of methoxy groups -OCH3 is 1. The fourth-order valence-corrected chi connectivity index (χ4v) is 2.28. The molecular weight excluding hydrogens is 236 g/mol. The number of hydrogen-bond acceptors (Lipinski definition) is 4. The van der Waals surface area contributed by atoms with Gasteiger partial charge in [0.25, 0.3) is 0 Å². The quantitative estimate of drug-likeness (QED) is 0.844. The van der Waals surface area contributed by atoms with Gasteiger partial charge in [-0.25, -0.2) is 0 Å². The fraction of sp³-hybridized carbons (Fsp3) is 0.538. The number of hydrogen-bond donors (Lipinski definition) is 1. The number of ether oxygens (including phenoxy) is 2. The van der Waals surface area contributed by atoms with Gasteiger partial charge >= 0.3 is 0 Å². The maximum atomic E-state index is 8.83. The zero-order chi connectivity index (χ0) is 12.1. The first-order valence-corrected chi connectivity index (χ1v) is 7.01. The Morgan fingerprint density at radius 1 is 1.35 bits per heavy atom. The van der Waals surface area contributed by atoms with Gasteiger partial charge in [-0.2, -0.15) is 11.8 Å². The summed E-state index contributed by atoms with van der Waals surface area (Å²) in [6.45, 7) is 0.224. The molecule has 0 radical (unpaired) electrons. The molecule has 17 heavy (non-hydrogen) atoms. The molecule has 0 atom stereocenters. The Morgan fingerprint density at radius 3 is 2.76 bits per heavy atom. The summed E-state index contributed by atoms with van der Waals surface area (Å²) < 4.78 is 11.2. The smallest absolute Gasteiger partial charge is 0.161 e. The van der Waals surface area contributed by atoms with Crippen molar-refractivity contribution in [3.63, 3.8) is 0 Å². The van der Waals surface area contributed by atoms with E-state index in [9.17, 15) is 0 Å². The third-order valence-corrected chi connectivity index (χ3v) is 3.97. The minimum Gasteiger partial charge on any atom is -0.493 e. The van der Waals surface area contributed by atoms with Crippen molar-refractivity contribution in [3.8, 4) is 11.5 Å². The molecule has 1 aromatic rings. The van der Waals surface area contributed by atoms with E-state index in [1.807, 2.05) is 30.0 Å². The van der Waals surface area contributed by atoms with Crippen LogP contribution in [0.3, 0.4) is 0 Å². The molecule has 1 fully saturated rings. The summed E-state index contributed by atoms with van der Waals surface area (Å²) in [5.74, 6) is 3.73. The van der Waals surface area contributed by atoms with Crippen LogP contribution in [0.15, 0.2) is 18.2 Å². The van der Waals surface area contributed by atoms with E-state index in [0.29, 0.717) is 6.10 Å². The topological polar surface area (TPSA) is 38.7 Å². The molecule has 0 saturated carbocycles. The van der Waals surface area contributed by atoms with Crippen LogP contribution in [-0.2, 0) is 6.42 Å². The van der Waals surface area contributed by atoms with Crippen LogP contribution in [-0.4, -0.2) is 36.4 Å². The van der Waals surface area contributed by atoms with Gasteiger partial charge in [-0.15, -0.1) is 0 Å². The summed E-state index contributed by atoms with van der Waals surface area (Å²) >= 11 is 1.90. The van der Waals surface area contributed by atoms with E-state index in [1.54, 1.807) is 7.11 Å². The highest BCUT2D eigenvalue weighted by Crippen LogP contribution is 2.32. The average Bonchev–Trinajstić information content (AvgIpc) is 2.31.